The first-order valence-electron chi connectivity index (χ1n) is 4.98. The van der Waals surface area contributed by atoms with Crippen LogP contribution in [0.3, 0.4) is 0 Å². The van der Waals surface area contributed by atoms with Gasteiger partial charge in [-0.05, 0) is 29.3 Å². The Bertz CT molecular complexity index is 370. The van der Waals surface area contributed by atoms with Crippen molar-refractivity contribution in [2.45, 2.75) is 26.4 Å². The van der Waals surface area contributed by atoms with Crippen molar-refractivity contribution in [2.24, 2.45) is 0 Å². The van der Waals surface area contributed by atoms with Crippen LogP contribution in [0.2, 0.25) is 0 Å². The summed E-state index contributed by atoms with van der Waals surface area (Å²) in [5.41, 5.74) is 1.21. The van der Waals surface area contributed by atoms with Gasteiger partial charge < -0.3 is 5.32 Å². The molecule has 1 aromatic rings. The van der Waals surface area contributed by atoms with E-state index in [-0.39, 0.29) is 17.5 Å². The molecule has 86 valence electrons. The fourth-order valence-electron chi connectivity index (χ4n) is 1.24. The summed E-state index contributed by atoms with van der Waals surface area (Å²) >= 11 is 1.65. The largest absolute Gasteiger partial charge is 0.309 e. The van der Waals surface area contributed by atoms with Gasteiger partial charge in [0.1, 0.15) is 0 Å². The van der Waals surface area contributed by atoms with Gasteiger partial charge in [-0.25, -0.2) is 8.42 Å². The van der Waals surface area contributed by atoms with Crippen LogP contribution in [0.15, 0.2) is 16.8 Å². The van der Waals surface area contributed by atoms with Crippen molar-refractivity contribution in [1.29, 1.82) is 0 Å². The number of nitrogens with one attached hydrogen (secondary N) is 1. The molecule has 1 rings (SSSR count). The van der Waals surface area contributed by atoms with Crippen LogP contribution in [0.25, 0.3) is 0 Å². The number of sulfone groups is 1. The van der Waals surface area contributed by atoms with E-state index in [0.29, 0.717) is 0 Å². The first-order chi connectivity index (χ1) is 7.03. The van der Waals surface area contributed by atoms with E-state index < -0.39 is 9.84 Å². The summed E-state index contributed by atoms with van der Waals surface area (Å²) in [6.07, 6.45) is 0. The first kappa shape index (κ1) is 12.7. The summed E-state index contributed by atoms with van der Waals surface area (Å²) < 4.78 is 22.7. The zero-order valence-electron chi connectivity index (χ0n) is 9.06. The molecule has 0 aromatic carbocycles. The van der Waals surface area contributed by atoms with Gasteiger partial charge in [0, 0.05) is 18.3 Å². The molecule has 0 bridgehead atoms. The maximum absolute atomic E-state index is 11.3. The topological polar surface area (TPSA) is 46.2 Å². The lowest BCUT2D eigenvalue weighted by Gasteiger charge is -2.12. The van der Waals surface area contributed by atoms with Gasteiger partial charge in [-0.1, -0.05) is 6.92 Å². The van der Waals surface area contributed by atoms with Gasteiger partial charge in [0.05, 0.1) is 5.75 Å². The Labute approximate surface area is 95.4 Å². The Balaban J connectivity index is 2.34. The number of thiophene rings is 1. The van der Waals surface area contributed by atoms with Gasteiger partial charge in [-0.15, -0.1) is 0 Å². The van der Waals surface area contributed by atoms with E-state index in [1.165, 1.54) is 5.56 Å². The van der Waals surface area contributed by atoms with E-state index >= 15 is 0 Å². The molecule has 1 heterocycles. The first-order valence-corrected chi connectivity index (χ1v) is 7.75. The molecule has 0 saturated carbocycles. The highest BCUT2D eigenvalue weighted by Gasteiger charge is 2.12. The minimum atomic E-state index is -2.87. The third-order valence-corrected chi connectivity index (χ3v) is 4.80. The standard InChI is InChI=1S/C10H17NO2S2/c1-3-15(12,13)8-9(2)11-6-10-4-5-14-7-10/h4-5,7,9,11H,3,6,8H2,1-2H3. The lowest BCUT2D eigenvalue weighted by atomic mass is 10.3. The molecule has 0 saturated heterocycles. The van der Waals surface area contributed by atoms with E-state index in [9.17, 15) is 8.42 Å². The molecule has 1 N–H and O–H groups in total. The number of hydrogen-bond donors (Lipinski definition) is 1. The third-order valence-electron chi connectivity index (χ3n) is 2.18. The summed E-state index contributed by atoms with van der Waals surface area (Å²) in [6, 6.07) is 2.05. The van der Waals surface area contributed by atoms with Crippen LogP contribution in [-0.4, -0.2) is 26.0 Å². The van der Waals surface area contributed by atoms with Crippen LogP contribution in [0.1, 0.15) is 19.4 Å². The van der Waals surface area contributed by atoms with Gasteiger partial charge in [0.15, 0.2) is 9.84 Å². The smallest absolute Gasteiger partial charge is 0.151 e. The van der Waals surface area contributed by atoms with Crippen molar-refractivity contribution < 1.29 is 8.42 Å². The molecular weight excluding hydrogens is 230 g/mol. The predicted octanol–water partition coefficient (Wildman–Crippen LogP) is 1.66. The summed E-state index contributed by atoms with van der Waals surface area (Å²) in [5.74, 6) is 0.436. The van der Waals surface area contributed by atoms with Crippen molar-refractivity contribution in [3.63, 3.8) is 0 Å². The van der Waals surface area contributed by atoms with E-state index in [1.54, 1.807) is 18.3 Å². The van der Waals surface area contributed by atoms with Gasteiger partial charge in [-0.2, -0.15) is 11.3 Å². The fraction of sp³-hybridized carbons (Fsp3) is 0.600. The normalized spacial score (nSPS) is 14.0. The van der Waals surface area contributed by atoms with Crippen LogP contribution in [-0.2, 0) is 16.4 Å². The second-order valence-electron chi connectivity index (χ2n) is 3.61. The van der Waals surface area contributed by atoms with Crippen molar-refractivity contribution in [3.8, 4) is 0 Å². The van der Waals surface area contributed by atoms with E-state index in [1.807, 2.05) is 18.4 Å². The van der Waals surface area contributed by atoms with Crippen LogP contribution in [0.4, 0.5) is 0 Å². The Morgan fingerprint density at radius 2 is 2.27 bits per heavy atom. The zero-order chi connectivity index (χ0) is 11.3. The van der Waals surface area contributed by atoms with Gasteiger partial charge in [-0.3, -0.25) is 0 Å². The van der Waals surface area contributed by atoms with Crippen molar-refractivity contribution in [3.05, 3.63) is 22.4 Å². The maximum Gasteiger partial charge on any atom is 0.151 e. The van der Waals surface area contributed by atoms with Crippen LogP contribution in [0.5, 0.6) is 0 Å². The molecule has 0 amide bonds. The molecule has 0 fully saturated rings. The molecule has 1 unspecified atom stereocenters. The lowest BCUT2D eigenvalue weighted by Crippen LogP contribution is -2.33. The van der Waals surface area contributed by atoms with E-state index in [4.69, 9.17) is 0 Å². The minimum absolute atomic E-state index is 0.00912. The molecule has 0 aliphatic rings. The Morgan fingerprint density at radius 3 is 2.80 bits per heavy atom. The molecule has 0 spiro atoms. The van der Waals surface area contributed by atoms with Crippen LogP contribution < -0.4 is 5.32 Å². The van der Waals surface area contributed by atoms with Crippen molar-refractivity contribution in [2.75, 3.05) is 11.5 Å². The van der Waals surface area contributed by atoms with Crippen LogP contribution in [0, 0.1) is 0 Å². The monoisotopic (exact) mass is 247 g/mol. The fourth-order valence-corrected chi connectivity index (χ4v) is 3.03. The van der Waals surface area contributed by atoms with Gasteiger partial charge in [0.2, 0.25) is 0 Å². The molecule has 1 aromatic heterocycles. The van der Waals surface area contributed by atoms with E-state index in [0.717, 1.165) is 6.54 Å². The molecular formula is C10H17NO2S2. The highest BCUT2D eigenvalue weighted by atomic mass is 32.2. The Hall–Kier alpha value is -0.390. The minimum Gasteiger partial charge on any atom is -0.309 e. The molecule has 0 radical (unpaired) electrons. The Kier molecular flexibility index (Phi) is 4.76. The highest BCUT2D eigenvalue weighted by Crippen LogP contribution is 2.05. The SMILES string of the molecule is CCS(=O)(=O)CC(C)NCc1ccsc1. The van der Waals surface area contributed by atoms with Gasteiger partial charge >= 0.3 is 0 Å². The maximum atomic E-state index is 11.3. The molecule has 1 atom stereocenters. The van der Waals surface area contributed by atoms with Crippen LogP contribution >= 0.6 is 11.3 Å². The summed E-state index contributed by atoms with van der Waals surface area (Å²) in [4.78, 5) is 0. The molecule has 5 heteroatoms. The molecule has 0 aliphatic heterocycles. The average Bonchev–Trinajstić information content (AvgIpc) is 2.66. The van der Waals surface area contributed by atoms with Gasteiger partial charge in [0.25, 0.3) is 0 Å². The number of hydrogen-bond acceptors (Lipinski definition) is 4. The Morgan fingerprint density at radius 1 is 1.53 bits per heavy atom. The molecule has 3 nitrogen and oxygen atoms in total. The lowest BCUT2D eigenvalue weighted by molar-refractivity contribution is 0.557. The van der Waals surface area contributed by atoms with Crippen molar-refractivity contribution in [1.82, 2.24) is 5.32 Å². The summed E-state index contributed by atoms with van der Waals surface area (Å²) in [6.45, 7) is 4.32. The average molecular weight is 247 g/mol. The predicted molar refractivity (Wildman–Crippen MR) is 64.9 cm³/mol. The van der Waals surface area contributed by atoms with Crippen molar-refractivity contribution >= 4 is 21.2 Å². The second kappa shape index (κ2) is 5.63. The molecule has 15 heavy (non-hydrogen) atoms. The van der Waals surface area contributed by atoms with E-state index in [2.05, 4.69) is 10.7 Å². The third kappa shape index (κ3) is 4.77. The zero-order valence-corrected chi connectivity index (χ0v) is 10.7. The quantitative estimate of drug-likeness (QED) is 0.831. The molecule has 0 aliphatic carbocycles. The number of rotatable bonds is 6. The highest BCUT2D eigenvalue weighted by molar-refractivity contribution is 7.91. The summed E-state index contributed by atoms with van der Waals surface area (Å²) in [5, 5.41) is 7.28. The summed E-state index contributed by atoms with van der Waals surface area (Å²) in [7, 11) is -2.87. The second-order valence-corrected chi connectivity index (χ2v) is 6.79.